The molecule has 1 heterocycles. The molecule has 1 fully saturated rings. The summed E-state index contributed by atoms with van der Waals surface area (Å²) in [5.41, 5.74) is 3.66. The van der Waals surface area contributed by atoms with E-state index in [2.05, 4.69) is 20.8 Å². The maximum atomic E-state index is 12.4. The molecule has 142 valence electrons. The number of carbonyl (C=O) groups is 2. The van der Waals surface area contributed by atoms with Crippen molar-refractivity contribution in [1.82, 2.24) is 15.5 Å². The van der Waals surface area contributed by atoms with Gasteiger partial charge < -0.3 is 10.6 Å². The quantitative estimate of drug-likeness (QED) is 0.590. The summed E-state index contributed by atoms with van der Waals surface area (Å²) >= 11 is 5.89. The van der Waals surface area contributed by atoms with Crippen molar-refractivity contribution in [2.75, 3.05) is 5.32 Å². The molecule has 0 unspecified atom stereocenters. The molecule has 0 spiro atoms. The Kier molecular flexibility index (Phi) is 5.12. The topological polar surface area (TPSA) is 86.9 Å². The summed E-state index contributed by atoms with van der Waals surface area (Å²) in [5.74, 6) is 0.0155. The SMILES string of the molecule is O=C(NCc1ccc(NC(=O)C2CC2)cc1)c1cc(-c2ccc(Cl)cc2)n[nH]1. The lowest BCUT2D eigenvalue weighted by Gasteiger charge is -2.07. The Bertz CT molecular complexity index is 992. The molecule has 0 atom stereocenters. The lowest BCUT2D eigenvalue weighted by atomic mass is 10.1. The van der Waals surface area contributed by atoms with Crippen molar-refractivity contribution in [3.8, 4) is 11.3 Å². The van der Waals surface area contributed by atoms with E-state index in [1.165, 1.54) is 0 Å². The van der Waals surface area contributed by atoms with Gasteiger partial charge in [0.05, 0.1) is 5.69 Å². The smallest absolute Gasteiger partial charge is 0.269 e. The average molecular weight is 395 g/mol. The summed E-state index contributed by atoms with van der Waals surface area (Å²) in [4.78, 5) is 24.1. The summed E-state index contributed by atoms with van der Waals surface area (Å²) in [6, 6.07) is 16.4. The maximum Gasteiger partial charge on any atom is 0.269 e. The van der Waals surface area contributed by atoms with Gasteiger partial charge in [-0.2, -0.15) is 5.10 Å². The number of nitrogens with zero attached hydrogens (tertiary/aromatic N) is 1. The highest BCUT2D eigenvalue weighted by atomic mass is 35.5. The van der Waals surface area contributed by atoms with Crippen molar-refractivity contribution in [3.05, 3.63) is 70.9 Å². The van der Waals surface area contributed by atoms with Crippen molar-refractivity contribution < 1.29 is 9.59 Å². The highest BCUT2D eigenvalue weighted by Crippen LogP contribution is 2.30. The van der Waals surface area contributed by atoms with Crippen LogP contribution in [-0.2, 0) is 11.3 Å². The van der Waals surface area contributed by atoms with Crippen molar-refractivity contribution in [3.63, 3.8) is 0 Å². The van der Waals surface area contributed by atoms with Crippen LogP contribution in [0.5, 0.6) is 0 Å². The summed E-state index contributed by atoms with van der Waals surface area (Å²) in [6.07, 6.45) is 1.95. The molecule has 28 heavy (non-hydrogen) atoms. The van der Waals surface area contributed by atoms with E-state index >= 15 is 0 Å². The molecule has 7 heteroatoms. The van der Waals surface area contributed by atoms with Gasteiger partial charge in [0.1, 0.15) is 5.69 Å². The molecule has 3 aromatic rings. The van der Waals surface area contributed by atoms with Crippen LogP contribution in [0.1, 0.15) is 28.9 Å². The first-order chi connectivity index (χ1) is 13.6. The van der Waals surface area contributed by atoms with E-state index in [0.29, 0.717) is 23.0 Å². The Morgan fingerprint density at radius 1 is 1.07 bits per heavy atom. The normalized spacial score (nSPS) is 13.2. The molecule has 0 bridgehead atoms. The van der Waals surface area contributed by atoms with Crippen LogP contribution in [0.15, 0.2) is 54.6 Å². The summed E-state index contributed by atoms with van der Waals surface area (Å²) in [7, 11) is 0. The van der Waals surface area contributed by atoms with Crippen molar-refractivity contribution in [2.45, 2.75) is 19.4 Å². The number of hydrogen-bond donors (Lipinski definition) is 3. The van der Waals surface area contributed by atoms with Crippen molar-refractivity contribution in [2.24, 2.45) is 5.92 Å². The standard InChI is InChI=1S/C21H19ClN4O2/c22-16-7-5-14(6-8-16)18-11-19(26-25-18)21(28)23-12-13-1-9-17(10-2-13)24-20(27)15-3-4-15/h1-2,5-11,15H,3-4,12H2,(H,23,28)(H,24,27)(H,25,26). The van der Waals surface area contributed by atoms with Crippen molar-refractivity contribution in [1.29, 1.82) is 0 Å². The molecule has 0 aliphatic heterocycles. The second-order valence-electron chi connectivity index (χ2n) is 6.82. The summed E-state index contributed by atoms with van der Waals surface area (Å²) in [6.45, 7) is 0.380. The number of aromatic nitrogens is 2. The first-order valence-electron chi connectivity index (χ1n) is 9.08. The fourth-order valence-electron chi connectivity index (χ4n) is 2.78. The van der Waals surface area contributed by atoms with Crippen LogP contribution in [0.3, 0.4) is 0 Å². The Morgan fingerprint density at radius 3 is 2.46 bits per heavy atom. The number of anilines is 1. The minimum Gasteiger partial charge on any atom is -0.347 e. The lowest BCUT2D eigenvalue weighted by molar-refractivity contribution is -0.117. The van der Waals surface area contributed by atoms with Gasteiger partial charge in [-0.3, -0.25) is 14.7 Å². The molecule has 1 saturated carbocycles. The Morgan fingerprint density at radius 2 is 1.79 bits per heavy atom. The van der Waals surface area contributed by atoms with E-state index in [1.54, 1.807) is 18.2 Å². The Hall–Kier alpha value is -3.12. The van der Waals surface area contributed by atoms with Gasteiger partial charge in [-0.05, 0) is 48.7 Å². The molecule has 3 N–H and O–H groups in total. The first-order valence-corrected chi connectivity index (χ1v) is 9.45. The van der Waals surface area contributed by atoms with Gasteiger partial charge >= 0.3 is 0 Å². The van der Waals surface area contributed by atoms with Gasteiger partial charge in [-0.25, -0.2) is 0 Å². The molecular weight excluding hydrogens is 376 g/mol. The van der Waals surface area contributed by atoms with Crippen LogP contribution in [0.4, 0.5) is 5.69 Å². The largest absolute Gasteiger partial charge is 0.347 e. The molecular formula is C21H19ClN4O2. The van der Waals surface area contributed by atoms with Gasteiger partial charge in [-0.1, -0.05) is 35.9 Å². The zero-order chi connectivity index (χ0) is 19.5. The van der Waals surface area contributed by atoms with Gasteiger partial charge in [-0.15, -0.1) is 0 Å². The van der Waals surface area contributed by atoms with E-state index in [9.17, 15) is 9.59 Å². The van der Waals surface area contributed by atoms with Gasteiger partial charge in [0.25, 0.3) is 5.91 Å². The first kappa shape index (κ1) is 18.3. The highest BCUT2D eigenvalue weighted by Gasteiger charge is 2.29. The van der Waals surface area contributed by atoms with Crippen LogP contribution in [0.2, 0.25) is 5.02 Å². The van der Waals surface area contributed by atoms with Crippen molar-refractivity contribution >= 4 is 29.1 Å². The number of nitrogens with one attached hydrogen (secondary N) is 3. The van der Waals surface area contributed by atoms with E-state index in [1.807, 2.05) is 36.4 Å². The fourth-order valence-corrected chi connectivity index (χ4v) is 2.91. The molecule has 0 saturated heterocycles. The number of carbonyl (C=O) groups excluding carboxylic acids is 2. The number of halogens is 1. The minimum absolute atomic E-state index is 0.0804. The van der Waals surface area contributed by atoms with E-state index in [0.717, 1.165) is 29.7 Å². The minimum atomic E-state index is -0.237. The fraction of sp³-hybridized carbons (Fsp3) is 0.190. The van der Waals surface area contributed by atoms with Crippen LogP contribution >= 0.6 is 11.6 Å². The third-order valence-electron chi connectivity index (χ3n) is 4.59. The lowest BCUT2D eigenvalue weighted by Crippen LogP contribution is -2.23. The third-order valence-corrected chi connectivity index (χ3v) is 4.84. The van der Waals surface area contributed by atoms with Crippen LogP contribution in [0.25, 0.3) is 11.3 Å². The molecule has 1 aliphatic carbocycles. The molecule has 0 radical (unpaired) electrons. The molecule has 1 aromatic heterocycles. The number of H-pyrrole nitrogens is 1. The van der Waals surface area contributed by atoms with Gasteiger partial charge in [0.15, 0.2) is 0 Å². The third kappa shape index (κ3) is 4.40. The molecule has 6 nitrogen and oxygen atoms in total. The second kappa shape index (κ2) is 7.86. The average Bonchev–Trinajstić information content (AvgIpc) is 3.45. The Labute approximate surface area is 167 Å². The van der Waals surface area contributed by atoms with Crippen LogP contribution in [0, 0.1) is 5.92 Å². The number of hydrogen-bond acceptors (Lipinski definition) is 3. The number of benzene rings is 2. The zero-order valence-corrected chi connectivity index (χ0v) is 15.8. The van der Waals surface area contributed by atoms with E-state index in [4.69, 9.17) is 11.6 Å². The maximum absolute atomic E-state index is 12.4. The van der Waals surface area contributed by atoms with Crippen LogP contribution in [-0.4, -0.2) is 22.0 Å². The summed E-state index contributed by atoms with van der Waals surface area (Å²) < 4.78 is 0. The zero-order valence-electron chi connectivity index (χ0n) is 15.0. The molecule has 2 amide bonds. The number of amides is 2. The molecule has 2 aromatic carbocycles. The van der Waals surface area contributed by atoms with E-state index < -0.39 is 0 Å². The number of aromatic amines is 1. The predicted molar refractivity (Wildman–Crippen MR) is 108 cm³/mol. The van der Waals surface area contributed by atoms with E-state index in [-0.39, 0.29) is 17.7 Å². The number of rotatable bonds is 6. The predicted octanol–water partition coefficient (Wildman–Crippen LogP) is 4.01. The van der Waals surface area contributed by atoms with Crippen LogP contribution < -0.4 is 10.6 Å². The Balaban J connectivity index is 1.32. The second-order valence-corrected chi connectivity index (χ2v) is 7.25. The molecule has 4 rings (SSSR count). The van der Waals surface area contributed by atoms with Gasteiger partial charge in [0, 0.05) is 28.7 Å². The summed E-state index contributed by atoms with van der Waals surface area (Å²) in [5, 5.41) is 13.3. The van der Waals surface area contributed by atoms with Gasteiger partial charge in [0.2, 0.25) is 5.91 Å². The monoisotopic (exact) mass is 394 g/mol. The molecule has 1 aliphatic rings. The highest BCUT2D eigenvalue weighted by molar-refractivity contribution is 6.30.